The molecule has 0 unspecified atom stereocenters. The van der Waals surface area contributed by atoms with Gasteiger partial charge in [-0.3, -0.25) is 9.69 Å². The fourth-order valence-electron chi connectivity index (χ4n) is 3.59. The molecular weight excluding hydrogens is 330 g/mol. The van der Waals surface area contributed by atoms with Gasteiger partial charge in [0, 0.05) is 85.2 Å². The maximum Gasteiger partial charge on any atom is 0.223 e. The number of carbonyl (C=O) groups excluding carboxylic acids is 1. The van der Waals surface area contributed by atoms with Gasteiger partial charge in [-0.15, -0.1) is 0 Å². The number of anilines is 1. The molecule has 0 aromatic carbocycles. The predicted octanol–water partition coefficient (Wildman–Crippen LogP) is 0.384. The Kier molecular flexibility index (Phi) is 7.22. The molecule has 0 spiro atoms. The Morgan fingerprint density at radius 2 is 1.69 bits per heavy atom. The summed E-state index contributed by atoms with van der Waals surface area (Å²) in [5.74, 6) is 1.29. The van der Waals surface area contributed by atoms with Crippen LogP contribution in [0.1, 0.15) is 6.42 Å². The van der Waals surface area contributed by atoms with E-state index in [4.69, 9.17) is 4.74 Å². The van der Waals surface area contributed by atoms with Gasteiger partial charge in [0.1, 0.15) is 5.82 Å². The summed E-state index contributed by atoms with van der Waals surface area (Å²) in [5.41, 5.74) is 0. The van der Waals surface area contributed by atoms with E-state index in [0.717, 1.165) is 77.9 Å². The smallest absolute Gasteiger partial charge is 0.223 e. The molecule has 144 valence electrons. The van der Waals surface area contributed by atoms with Crippen LogP contribution in [0.4, 0.5) is 5.82 Å². The zero-order valence-electron chi connectivity index (χ0n) is 15.8. The lowest BCUT2D eigenvalue weighted by Gasteiger charge is -2.37. The van der Waals surface area contributed by atoms with Gasteiger partial charge >= 0.3 is 0 Å². The third-order valence-corrected chi connectivity index (χ3v) is 5.32. The lowest BCUT2D eigenvalue weighted by Crippen LogP contribution is -2.50. The first-order valence-electron chi connectivity index (χ1n) is 9.63. The normalized spacial score (nSPS) is 19.7. The molecule has 2 fully saturated rings. The topological polar surface area (TPSA) is 52.2 Å². The second-order valence-electron chi connectivity index (χ2n) is 6.98. The molecule has 2 saturated heterocycles. The summed E-state index contributed by atoms with van der Waals surface area (Å²) in [6, 6.07) is 5.97. The van der Waals surface area contributed by atoms with Crippen LogP contribution in [0, 0.1) is 0 Å². The molecule has 0 atom stereocenters. The Hall–Kier alpha value is -1.70. The number of methoxy groups -OCH3 is 1. The molecule has 2 aliphatic rings. The molecule has 3 rings (SSSR count). The third kappa shape index (κ3) is 5.40. The highest BCUT2D eigenvalue weighted by molar-refractivity contribution is 5.76. The van der Waals surface area contributed by atoms with Crippen molar-refractivity contribution in [1.82, 2.24) is 19.7 Å². The Morgan fingerprint density at radius 3 is 2.31 bits per heavy atom. The van der Waals surface area contributed by atoms with Gasteiger partial charge in [0.2, 0.25) is 5.91 Å². The highest BCUT2D eigenvalue weighted by Crippen LogP contribution is 2.13. The number of rotatable bonds is 7. The number of pyridine rings is 1. The molecule has 7 nitrogen and oxygen atoms in total. The van der Waals surface area contributed by atoms with Crippen LogP contribution in [-0.4, -0.2) is 105 Å². The van der Waals surface area contributed by atoms with E-state index in [0.29, 0.717) is 6.42 Å². The van der Waals surface area contributed by atoms with E-state index in [-0.39, 0.29) is 5.91 Å². The van der Waals surface area contributed by atoms with Crippen LogP contribution in [0.3, 0.4) is 0 Å². The monoisotopic (exact) mass is 361 g/mol. The van der Waals surface area contributed by atoms with Crippen LogP contribution in [0.15, 0.2) is 24.4 Å². The summed E-state index contributed by atoms with van der Waals surface area (Å²) in [4.78, 5) is 26.0. The van der Waals surface area contributed by atoms with Crippen LogP contribution in [0.2, 0.25) is 0 Å². The van der Waals surface area contributed by atoms with Crippen LogP contribution < -0.4 is 4.90 Å². The molecule has 0 N–H and O–H groups in total. The van der Waals surface area contributed by atoms with Gasteiger partial charge in [-0.05, 0) is 12.1 Å². The van der Waals surface area contributed by atoms with Crippen LogP contribution in [0.25, 0.3) is 0 Å². The zero-order chi connectivity index (χ0) is 18.2. The first-order valence-corrected chi connectivity index (χ1v) is 9.63. The number of amides is 1. The van der Waals surface area contributed by atoms with E-state index in [9.17, 15) is 4.79 Å². The molecule has 26 heavy (non-hydrogen) atoms. The molecule has 7 heteroatoms. The minimum Gasteiger partial charge on any atom is -0.383 e. The van der Waals surface area contributed by atoms with Gasteiger partial charge in [-0.2, -0.15) is 0 Å². The molecule has 0 radical (unpaired) electrons. The first kappa shape index (κ1) is 19.1. The summed E-state index contributed by atoms with van der Waals surface area (Å²) < 4.78 is 5.14. The average Bonchev–Trinajstić information content (AvgIpc) is 2.72. The minimum absolute atomic E-state index is 0.285. The van der Waals surface area contributed by atoms with Crippen molar-refractivity contribution < 1.29 is 9.53 Å². The Labute approximate surface area is 156 Å². The number of hydrogen-bond acceptors (Lipinski definition) is 6. The van der Waals surface area contributed by atoms with Gasteiger partial charge in [-0.25, -0.2) is 4.98 Å². The van der Waals surface area contributed by atoms with Gasteiger partial charge < -0.3 is 19.4 Å². The van der Waals surface area contributed by atoms with Gasteiger partial charge in [0.15, 0.2) is 0 Å². The van der Waals surface area contributed by atoms with Crippen LogP contribution in [0.5, 0.6) is 0 Å². The minimum atomic E-state index is 0.285. The van der Waals surface area contributed by atoms with E-state index in [2.05, 4.69) is 19.7 Å². The number of ether oxygens (including phenoxy) is 1. The number of nitrogens with zero attached hydrogens (tertiary/aromatic N) is 5. The van der Waals surface area contributed by atoms with E-state index >= 15 is 0 Å². The highest BCUT2D eigenvalue weighted by Gasteiger charge is 2.23. The van der Waals surface area contributed by atoms with Gasteiger partial charge in [-0.1, -0.05) is 6.07 Å². The summed E-state index contributed by atoms with van der Waals surface area (Å²) in [6.07, 6.45) is 2.45. The Bertz CT molecular complexity index is 540. The maximum absolute atomic E-state index is 12.5. The largest absolute Gasteiger partial charge is 0.383 e. The standard InChI is InChI=1S/C19H31N5O2/c1-26-17-16-22-10-8-21(9-11-22)7-5-19(25)24-14-12-23(13-15-24)18-4-2-3-6-20-18/h2-4,6H,5,7-17H2,1H3. The SMILES string of the molecule is COCCN1CCN(CCC(=O)N2CCN(c3ccccn3)CC2)CC1. The fraction of sp³-hybridized carbons (Fsp3) is 0.684. The van der Waals surface area contributed by atoms with E-state index < -0.39 is 0 Å². The summed E-state index contributed by atoms with van der Waals surface area (Å²) >= 11 is 0. The number of hydrogen-bond donors (Lipinski definition) is 0. The predicted molar refractivity (Wildman–Crippen MR) is 102 cm³/mol. The number of carbonyl (C=O) groups is 1. The number of aromatic nitrogens is 1. The van der Waals surface area contributed by atoms with Crippen molar-refractivity contribution in [3.05, 3.63) is 24.4 Å². The lowest BCUT2D eigenvalue weighted by atomic mass is 10.2. The molecule has 0 aliphatic carbocycles. The van der Waals surface area contributed by atoms with Crippen LogP contribution >= 0.6 is 0 Å². The average molecular weight is 361 g/mol. The van der Waals surface area contributed by atoms with Crippen molar-refractivity contribution in [1.29, 1.82) is 0 Å². The van der Waals surface area contributed by atoms with Crippen molar-refractivity contribution in [2.75, 3.05) is 84.1 Å². The molecule has 2 aliphatic heterocycles. The van der Waals surface area contributed by atoms with Crippen molar-refractivity contribution in [2.24, 2.45) is 0 Å². The molecule has 1 aromatic heterocycles. The van der Waals surface area contributed by atoms with Crippen LogP contribution in [-0.2, 0) is 9.53 Å². The second kappa shape index (κ2) is 9.85. The fourth-order valence-corrected chi connectivity index (χ4v) is 3.59. The molecular formula is C19H31N5O2. The third-order valence-electron chi connectivity index (χ3n) is 5.32. The molecule has 0 bridgehead atoms. The zero-order valence-corrected chi connectivity index (χ0v) is 15.8. The second-order valence-corrected chi connectivity index (χ2v) is 6.98. The van der Waals surface area contributed by atoms with Crippen molar-refractivity contribution in [2.45, 2.75) is 6.42 Å². The van der Waals surface area contributed by atoms with Crippen molar-refractivity contribution >= 4 is 11.7 Å². The Morgan fingerprint density at radius 1 is 1.00 bits per heavy atom. The quantitative estimate of drug-likeness (QED) is 0.700. The lowest BCUT2D eigenvalue weighted by molar-refractivity contribution is -0.131. The molecule has 3 heterocycles. The number of piperazine rings is 2. The Balaban J connectivity index is 1.34. The highest BCUT2D eigenvalue weighted by atomic mass is 16.5. The van der Waals surface area contributed by atoms with Gasteiger partial charge in [0.05, 0.1) is 6.61 Å². The maximum atomic E-state index is 12.5. The van der Waals surface area contributed by atoms with E-state index in [1.807, 2.05) is 29.3 Å². The van der Waals surface area contributed by atoms with E-state index in [1.165, 1.54) is 0 Å². The summed E-state index contributed by atoms with van der Waals surface area (Å²) in [7, 11) is 1.75. The molecule has 1 amide bonds. The summed E-state index contributed by atoms with van der Waals surface area (Å²) in [6.45, 7) is 10.2. The van der Waals surface area contributed by atoms with Crippen molar-refractivity contribution in [3.8, 4) is 0 Å². The van der Waals surface area contributed by atoms with Gasteiger partial charge in [0.25, 0.3) is 0 Å². The summed E-state index contributed by atoms with van der Waals surface area (Å²) in [5, 5.41) is 0. The first-order chi connectivity index (χ1) is 12.8. The van der Waals surface area contributed by atoms with E-state index in [1.54, 1.807) is 7.11 Å². The molecule has 1 aromatic rings. The van der Waals surface area contributed by atoms with Crippen molar-refractivity contribution in [3.63, 3.8) is 0 Å². The molecule has 0 saturated carbocycles.